The van der Waals surface area contributed by atoms with Gasteiger partial charge in [0.2, 0.25) is 0 Å². The van der Waals surface area contributed by atoms with Crippen molar-refractivity contribution in [1.29, 1.82) is 0 Å². The second-order valence-electron chi connectivity index (χ2n) is 7.19. The van der Waals surface area contributed by atoms with Crippen molar-refractivity contribution in [3.8, 4) is 0 Å². The Labute approximate surface area is 138 Å². The zero-order valence-corrected chi connectivity index (χ0v) is 14.5. The number of carbonyl (C=O) groups excluding carboxylic acids is 1. The second-order valence-corrected chi connectivity index (χ2v) is 7.19. The maximum Gasteiger partial charge on any atom is 0.162 e. The molecule has 0 saturated carbocycles. The van der Waals surface area contributed by atoms with E-state index in [1.807, 2.05) is 6.08 Å². The Hall–Kier alpha value is -1.71. The third-order valence-corrected chi connectivity index (χ3v) is 5.17. The van der Waals surface area contributed by atoms with E-state index in [1.54, 1.807) is 14.2 Å². The standard InChI is InChI=1S/C19H27NO3/c1-12(2)7-14-11-20-6-5-13-8-18(22-3)19(23-4)9-15(13)16(20)10-17(14)21/h8-10,12-15H,5-7,11H2,1-4H3. The van der Waals surface area contributed by atoms with E-state index < -0.39 is 0 Å². The van der Waals surface area contributed by atoms with Crippen molar-refractivity contribution in [3.05, 3.63) is 35.4 Å². The Morgan fingerprint density at radius 1 is 1.22 bits per heavy atom. The molecule has 0 spiro atoms. The molecule has 1 saturated heterocycles. The van der Waals surface area contributed by atoms with Gasteiger partial charge in [-0.2, -0.15) is 0 Å². The van der Waals surface area contributed by atoms with Crippen LogP contribution in [0.3, 0.4) is 0 Å². The van der Waals surface area contributed by atoms with Crippen molar-refractivity contribution in [2.45, 2.75) is 26.7 Å². The van der Waals surface area contributed by atoms with Gasteiger partial charge >= 0.3 is 0 Å². The fraction of sp³-hybridized carbons (Fsp3) is 0.632. The molecule has 3 aliphatic rings. The topological polar surface area (TPSA) is 38.8 Å². The van der Waals surface area contributed by atoms with Gasteiger partial charge in [0.05, 0.1) is 14.2 Å². The van der Waals surface area contributed by atoms with E-state index in [-0.39, 0.29) is 11.8 Å². The third-order valence-electron chi connectivity index (χ3n) is 5.17. The van der Waals surface area contributed by atoms with Gasteiger partial charge in [-0.05, 0) is 36.8 Å². The Balaban J connectivity index is 1.87. The van der Waals surface area contributed by atoms with E-state index in [9.17, 15) is 4.79 Å². The highest BCUT2D eigenvalue weighted by atomic mass is 16.5. The Bertz CT molecular complexity index is 573. The highest BCUT2D eigenvalue weighted by Crippen LogP contribution is 2.42. The molecule has 23 heavy (non-hydrogen) atoms. The van der Waals surface area contributed by atoms with Crippen LogP contribution in [0.15, 0.2) is 35.4 Å². The predicted molar refractivity (Wildman–Crippen MR) is 89.4 cm³/mol. The lowest BCUT2D eigenvalue weighted by Crippen LogP contribution is -2.45. The number of methoxy groups -OCH3 is 2. The van der Waals surface area contributed by atoms with E-state index in [1.165, 1.54) is 0 Å². The summed E-state index contributed by atoms with van der Waals surface area (Å²) < 4.78 is 10.9. The number of hydrogen-bond acceptors (Lipinski definition) is 4. The summed E-state index contributed by atoms with van der Waals surface area (Å²) in [5.74, 6) is 3.19. The zero-order chi connectivity index (χ0) is 16.6. The molecule has 2 heterocycles. The van der Waals surface area contributed by atoms with Crippen LogP contribution in [0, 0.1) is 23.7 Å². The molecule has 1 aliphatic carbocycles. The summed E-state index contributed by atoms with van der Waals surface area (Å²) in [6.07, 6.45) is 8.23. The summed E-state index contributed by atoms with van der Waals surface area (Å²) in [5, 5.41) is 0. The number of nitrogens with zero attached hydrogens (tertiary/aromatic N) is 1. The molecule has 0 aromatic rings. The van der Waals surface area contributed by atoms with Crippen LogP contribution in [0.1, 0.15) is 26.7 Å². The molecule has 3 unspecified atom stereocenters. The number of hydrogen-bond donors (Lipinski definition) is 0. The van der Waals surface area contributed by atoms with Crippen LogP contribution in [-0.2, 0) is 14.3 Å². The average molecular weight is 317 g/mol. The quantitative estimate of drug-likeness (QED) is 0.798. The minimum atomic E-state index is 0.148. The normalized spacial score (nSPS) is 30.1. The van der Waals surface area contributed by atoms with Crippen LogP contribution in [0.4, 0.5) is 0 Å². The minimum Gasteiger partial charge on any atom is -0.493 e. The molecule has 2 aliphatic heterocycles. The molecule has 0 bridgehead atoms. The first-order chi connectivity index (χ1) is 11.0. The lowest BCUT2D eigenvalue weighted by atomic mass is 9.76. The molecular formula is C19H27NO3. The fourth-order valence-corrected chi connectivity index (χ4v) is 4.06. The van der Waals surface area contributed by atoms with E-state index in [2.05, 4.69) is 30.9 Å². The molecule has 4 nitrogen and oxygen atoms in total. The lowest BCUT2D eigenvalue weighted by molar-refractivity contribution is -0.120. The van der Waals surface area contributed by atoms with Crippen LogP contribution in [-0.4, -0.2) is 38.0 Å². The summed E-state index contributed by atoms with van der Waals surface area (Å²) in [6, 6.07) is 0. The van der Waals surface area contributed by atoms with Crippen LogP contribution in [0.25, 0.3) is 0 Å². The van der Waals surface area contributed by atoms with Gasteiger partial charge in [0.25, 0.3) is 0 Å². The van der Waals surface area contributed by atoms with E-state index in [4.69, 9.17) is 9.47 Å². The maximum absolute atomic E-state index is 12.5. The maximum atomic E-state index is 12.5. The molecule has 3 atom stereocenters. The second kappa shape index (κ2) is 6.42. The van der Waals surface area contributed by atoms with Crippen molar-refractivity contribution in [2.75, 3.05) is 27.3 Å². The largest absolute Gasteiger partial charge is 0.493 e. The van der Waals surface area contributed by atoms with Crippen molar-refractivity contribution in [2.24, 2.45) is 23.7 Å². The molecule has 0 aromatic carbocycles. The van der Waals surface area contributed by atoms with Crippen LogP contribution in [0.5, 0.6) is 0 Å². The minimum absolute atomic E-state index is 0.148. The molecular weight excluding hydrogens is 290 g/mol. The highest BCUT2D eigenvalue weighted by Gasteiger charge is 2.39. The van der Waals surface area contributed by atoms with Crippen molar-refractivity contribution < 1.29 is 14.3 Å². The smallest absolute Gasteiger partial charge is 0.162 e. The fourth-order valence-electron chi connectivity index (χ4n) is 4.06. The number of ketones is 1. The number of piperidine rings is 1. The number of allylic oxidation sites excluding steroid dienone is 3. The van der Waals surface area contributed by atoms with E-state index >= 15 is 0 Å². The van der Waals surface area contributed by atoms with Gasteiger partial charge in [0, 0.05) is 36.7 Å². The molecule has 4 heteroatoms. The van der Waals surface area contributed by atoms with Gasteiger partial charge in [-0.25, -0.2) is 0 Å². The third kappa shape index (κ3) is 3.04. The molecule has 1 fully saturated rings. The number of rotatable bonds is 4. The van der Waals surface area contributed by atoms with E-state index in [0.717, 1.165) is 43.1 Å². The Morgan fingerprint density at radius 3 is 2.57 bits per heavy atom. The molecule has 0 N–H and O–H groups in total. The molecule has 0 aromatic heterocycles. The van der Waals surface area contributed by atoms with Gasteiger partial charge in [-0.3, -0.25) is 4.79 Å². The summed E-state index contributed by atoms with van der Waals surface area (Å²) in [7, 11) is 3.34. The monoisotopic (exact) mass is 317 g/mol. The first-order valence-corrected chi connectivity index (χ1v) is 8.55. The van der Waals surface area contributed by atoms with Gasteiger partial charge in [-0.1, -0.05) is 13.8 Å². The summed E-state index contributed by atoms with van der Waals surface area (Å²) in [5.41, 5.74) is 1.16. The zero-order valence-electron chi connectivity index (χ0n) is 14.5. The van der Waals surface area contributed by atoms with Gasteiger partial charge in [0.15, 0.2) is 17.3 Å². The van der Waals surface area contributed by atoms with Gasteiger partial charge in [-0.15, -0.1) is 0 Å². The first-order valence-electron chi connectivity index (χ1n) is 8.55. The van der Waals surface area contributed by atoms with Crippen molar-refractivity contribution >= 4 is 5.78 Å². The van der Waals surface area contributed by atoms with Crippen LogP contribution >= 0.6 is 0 Å². The van der Waals surface area contributed by atoms with Gasteiger partial charge in [0.1, 0.15) is 0 Å². The van der Waals surface area contributed by atoms with Gasteiger partial charge < -0.3 is 14.4 Å². The molecule has 0 radical (unpaired) electrons. The Morgan fingerprint density at radius 2 is 1.91 bits per heavy atom. The number of carbonyl (C=O) groups is 1. The van der Waals surface area contributed by atoms with Crippen molar-refractivity contribution in [3.63, 3.8) is 0 Å². The molecule has 0 amide bonds. The Kier molecular flexibility index (Phi) is 4.51. The summed E-state index contributed by atoms with van der Waals surface area (Å²) >= 11 is 0. The number of ether oxygens (including phenoxy) is 2. The highest BCUT2D eigenvalue weighted by molar-refractivity contribution is 5.93. The predicted octanol–water partition coefficient (Wildman–Crippen LogP) is 3.13. The molecule has 3 rings (SSSR count). The van der Waals surface area contributed by atoms with Crippen molar-refractivity contribution in [1.82, 2.24) is 4.90 Å². The summed E-state index contributed by atoms with van der Waals surface area (Å²) in [4.78, 5) is 14.9. The molecule has 126 valence electrons. The van der Waals surface area contributed by atoms with Crippen LogP contribution < -0.4 is 0 Å². The van der Waals surface area contributed by atoms with Crippen LogP contribution in [0.2, 0.25) is 0 Å². The average Bonchev–Trinajstić information content (AvgIpc) is 2.53. The lowest BCUT2D eigenvalue weighted by Gasteiger charge is -2.45. The first kappa shape index (κ1) is 16.2. The SMILES string of the molecule is COC1=CC2CCN3CC(CC(C)C)C(=O)C=C3C2C=C1OC. The van der Waals surface area contributed by atoms with E-state index in [0.29, 0.717) is 17.6 Å². The number of fused-ring (bicyclic) bond motifs is 3. The summed E-state index contributed by atoms with van der Waals surface area (Å²) in [6.45, 7) is 6.25.